The van der Waals surface area contributed by atoms with Gasteiger partial charge in [-0.3, -0.25) is 4.79 Å². The van der Waals surface area contributed by atoms with Crippen molar-refractivity contribution < 1.29 is 9.90 Å². The minimum absolute atomic E-state index is 0.0333. The third kappa shape index (κ3) is 4.29. The van der Waals surface area contributed by atoms with E-state index in [-0.39, 0.29) is 27.1 Å². The molecule has 2 N–H and O–H groups in total. The lowest BCUT2D eigenvalue weighted by atomic mass is 9.89. The molecule has 0 aliphatic carbocycles. The molecule has 0 saturated carbocycles. The Bertz CT molecular complexity index is 450. The highest BCUT2D eigenvalue weighted by Gasteiger charge is 2.24. The molecule has 0 aliphatic rings. The summed E-state index contributed by atoms with van der Waals surface area (Å²) < 4.78 is 0. The molecule has 1 rings (SSSR count). The summed E-state index contributed by atoms with van der Waals surface area (Å²) in [6.45, 7) is 6.33. The second-order valence-corrected chi connectivity index (χ2v) is 5.97. The van der Waals surface area contributed by atoms with Crippen LogP contribution in [0.3, 0.4) is 0 Å². The van der Waals surface area contributed by atoms with Crippen LogP contribution in [0, 0.1) is 5.41 Å². The Morgan fingerprint density at radius 2 is 1.84 bits per heavy atom. The van der Waals surface area contributed by atoms with Gasteiger partial charge in [0.25, 0.3) is 0 Å². The monoisotopic (exact) mass is 303 g/mol. The first-order chi connectivity index (χ1) is 8.77. The van der Waals surface area contributed by atoms with E-state index in [1.807, 2.05) is 20.8 Å². The fraction of sp³-hybridized carbons (Fsp3) is 0.500. The first-order valence-corrected chi connectivity index (χ1v) is 6.98. The fourth-order valence-corrected chi connectivity index (χ4v) is 2.01. The molecular formula is C14H19Cl2NO2. The molecule has 0 aromatic heterocycles. The maximum Gasteiger partial charge on any atom is 0.225 e. The summed E-state index contributed by atoms with van der Waals surface area (Å²) in [7, 11) is 0. The average molecular weight is 304 g/mol. The van der Waals surface area contributed by atoms with Crippen LogP contribution >= 0.6 is 23.2 Å². The number of nitrogens with one attached hydrogen (secondary N) is 1. The van der Waals surface area contributed by atoms with E-state index < -0.39 is 0 Å². The van der Waals surface area contributed by atoms with Crippen molar-refractivity contribution in [1.29, 1.82) is 0 Å². The maximum absolute atomic E-state index is 11.9. The van der Waals surface area contributed by atoms with E-state index >= 15 is 0 Å². The normalized spacial score (nSPS) is 11.4. The van der Waals surface area contributed by atoms with E-state index in [0.717, 1.165) is 12.0 Å². The predicted octanol–water partition coefficient (Wildman–Crippen LogP) is 3.79. The molecule has 1 aromatic rings. The lowest BCUT2D eigenvalue weighted by molar-refractivity contribution is -0.129. The quantitative estimate of drug-likeness (QED) is 0.869. The zero-order valence-electron chi connectivity index (χ0n) is 11.4. The maximum atomic E-state index is 11.9. The molecule has 0 atom stereocenters. The molecule has 0 spiro atoms. The predicted molar refractivity (Wildman–Crippen MR) is 78.9 cm³/mol. The first kappa shape index (κ1) is 16.1. The third-order valence-electron chi connectivity index (χ3n) is 3.27. The van der Waals surface area contributed by atoms with Gasteiger partial charge in [0.05, 0.1) is 10.0 Å². The van der Waals surface area contributed by atoms with Gasteiger partial charge in [0, 0.05) is 12.0 Å². The van der Waals surface area contributed by atoms with Crippen LogP contribution in [0.15, 0.2) is 12.1 Å². The van der Waals surface area contributed by atoms with Gasteiger partial charge < -0.3 is 10.4 Å². The topological polar surface area (TPSA) is 49.3 Å². The Balaban J connectivity index is 2.57. The number of phenolic OH excluding ortho intramolecular Hbond substituents is 1. The van der Waals surface area contributed by atoms with Crippen LogP contribution in [0.25, 0.3) is 0 Å². The van der Waals surface area contributed by atoms with E-state index in [9.17, 15) is 9.90 Å². The van der Waals surface area contributed by atoms with Crippen LogP contribution in [-0.2, 0) is 11.2 Å². The standard InChI is InChI=1S/C14H19Cl2NO2/c1-4-14(2,3)13(19)17-6-5-9-7-10(15)12(18)11(16)8-9/h7-8,18H,4-6H2,1-3H3,(H,17,19). The lowest BCUT2D eigenvalue weighted by Gasteiger charge is -2.21. The van der Waals surface area contributed by atoms with Gasteiger partial charge in [-0.1, -0.05) is 44.0 Å². The zero-order chi connectivity index (χ0) is 14.6. The molecule has 0 fully saturated rings. The molecule has 0 saturated heterocycles. The molecular weight excluding hydrogens is 285 g/mol. The summed E-state index contributed by atoms with van der Waals surface area (Å²) in [4.78, 5) is 11.9. The Morgan fingerprint density at radius 3 is 2.32 bits per heavy atom. The molecule has 1 amide bonds. The van der Waals surface area contributed by atoms with Crippen molar-refractivity contribution in [2.75, 3.05) is 6.54 Å². The lowest BCUT2D eigenvalue weighted by Crippen LogP contribution is -2.37. The van der Waals surface area contributed by atoms with Crippen LogP contribution in [-0.4, -0.2) is 17.6 Å². The number of phenols is 1. The third-order valence-corrected chi connectivity index (χ3v) is 3.85. The molecule has 19 heavy (non-hydrogen) atoms. The van der Waals surface area contributed by atoms with Crippen LogP contribution in [0.2, 0.25) is 10.0 Å². The molecule has 0 aliphatic heterocycles. The van der Waals surface area contributed by atoms with Gasteiger partial charge in [-0.2, -0.15) is 0 Å². The van der Waals surface area contributed by atoms with Crippen LogP contribution < -0.4 is 5.32 Å². The number of hydrogen-bond donors (Lipinski definition) is 2. The van der Waals surface area contributed by atoms with Crippen molar-refractivity contribution >= 4 is 29.1 Å². The van der Waals surface area contributed by atoms with E-state index in [0.29, 0.717) is 13.0 Å². The molecule has 1 aromatic carbocycles. The van der Waals surface area contributed by atoms with Gasteiger partial charge in [0.1, 0.15) is 0 Å². The number of aromatic hydroxyl groups is 1. The van der Waals surface area contributed by atoms with Crippen molar-refractivity contribution in [3.63, 3.8) is 0 Å². The Labute approximate surface area is 123 Å². The number of carbonyl (C=O) groups is 1. The molecule has 0 bridgehead atoms. The van der Waals surface area contributed by atoms with Crippen molar-refractivity contribution in [1.82, 2.24) is 5.32 Å². The summed E-state index contributed by atoms with van der Waals surface area (Å²) in [6, 6.07) is 3.31. The highest BCUT2D eigenvalue weighted by atomic mass is 35.5. The number of amides is 1. The largest absolute Gasteiger partial charge is 0.505 e. The van der Waals surface area contributed by atoms with Gasteiger partial charge >= 0.3 is 0 Å². The van der Waals surface area contributed by atoms with Crippen molar-refractivity contribution in [2.45, 2.75) is 33.6 Å². The SMILES string of the molecule is CCC(C)(C)C(=O)NCCc1cc(Cl)c(O)c(Cl)c1. The highest BCUT2D eigenvalue weighted by Crippen LogP contribution is 2.32. The molecule has 0 unspecified atom stereocenters. The van der Waals surface area contributed by atoms with E-state index in [1.165, 1.54) is 0 Å². The van der Waals surface area contributed by atoms with Crippen LogP contribution in [0.5, 0.6) is 5.75 Å². The minimum atomic E-state index is -0.357. The Morgan fingerprint density at radius 1 is 1.32 bits per heavy atom. The zero-order valence-corrected chi connectivity index (χ0v) is 12.9. The minimum Gasteiger partial charge on any atom is -0.505 e. The summed E-state index contributed by atoms with van der Waals surface area (Å²) in [5, 5.41) is 12.8. The Kier molecular flexibility index (Phi) is 5.50. The van der Waals surface area contributed by atoms with Crippen LogP contribution in [0.1, 0.15) is 32.8 Å². The summed E-state index contributed by atoms with van der Waals surface area (Å²) >= 11 is 11.7. The molecule has 5 heteroatoms. The molecule has 3 nitrogen and oxygen atoms in total. The summed E-state index contributed by atoms with van der Waals surface area (Å²) in [5.74, 6) is -0.0748. The van der Waals surface area contributed by atoms with Gasteiger partial charge in [-0.15, -0.1) is 0 Å². The molecule has 0 heterocycles. The molecule has 0 radical (unpaired) electrons. The van der Waals surface area contributed by atoms with E-state index in [2.05, 4.69) is 5.32 Å². The van der Waals surface area contributed by atoms with Crippen molar-refractivity contribution in [2.24, 2.45) is 5.41 Å². The number of rotatable bonds is 5. The van der Waals surface area contributed by atoms with E-state index in [4.69, 9.17) is 23.2 Å². The smallest absolute Gasteiger partial charge is 0.225 e. The van der Waals surface area contributed by atoms with Crippen molar-refractivity contribution in [3.8, 4) is 5.75 Å². The second-order valence-electron chi connectivity index (χ2n) is 5.15. The van der Waals surface area contributed by atoms with Gasteiger partial charge in [-0.25, -0.2) is 0 Å². The number of hydrogen-bond acceptors (Lipinski definition) is 2. The number of benzene rings is 1. The Hall–Kier alpha value is -0.930. The average Bonchev–Trinajstić information content (AvgIpc) is 2.35. The van der Waals surface area contributed by atoms with Crippen molar-refractivity contribution in [3.05, 3.63) is 27.7 Å². The summed E-state index contributed by atoms with van der Waals surface area (Å²) in [5.41, 5.74) is 0.520. The van der Waals surface area contributed by atoms with E-state index in [1.54, 1.807) is 12.1 Å². The van der Waals surface area contributed by atoms with Gasteiger partial charge in [-0.05, 0) is 30.5 Å². The first-order valence-electron chi connectivity index (χ1n) is 6.23. The highest BCUT2D eigenvalue weighted by molar-refractivity contribution is 6.37. The second kappa shape index (κ2) is 6.49. The number of halogens is 2. The summed E-state index contributed by atoms with van der Waals surface area (Å²) in [6.07, 6.45) is 1.40. The van der Waals surface area contributed by atoms with Gasteiger partial charge in [0.15, 0.2) is 5.75 Å². The fourth-order valence-electron chi connectivity index (χ4n) is 1.48. The van der Waals surface area contributed by atoms with Gasteiger partial charge in [0.2, 0.25) is 5.91 Å². The molecule has 106 valence electrons. The van der Waals surface area contributed by atoms with Crippen LogP contribution in [0.4, 0.5) is 0 Å². The number of carbonyl (C=O) groups excluding carboxylic acids is 1.